The van der Waals surface area contributed by atoms with E-state index in [1.807, 2.05) is 36.4 Å². The van der Waals surface area contributed by atoms with Crippen molar-refractivity contribution in [3.05, 3.63) is 42.0 Å². The van der Waals surface area contributed by atoms with Gasteiger partial charge >= 0.3 is 0 Å². The fraction of sp³-hybridized carbons (Fsp3) is 0.250. The Balaban J connectivity index is 2.18. The van der Waals surface area contributed by atoms with Crippen LogP contribution in [0.4, 0.5) is 5.69 Å². The summed E-state index contributed by atoms with van der Waals surface area (Å²) in [6.07, 6.45) is 1.78. The molecule has 1 saturated heterocycles. The lowest BCUT2D eigenvalue weighted by Gasteiger charge is -2.26. The van der Waals surface area contributed by atoms with Gasteiger partial charge < -0.3 is 16.4 Å². The molecule has 1 aliphatic heterocycles. The van der Waals surface area contributed by atoms with E-state index in [0.29, 0.717) is 4.99 Å². The molecule has 0 spiro atoms. The van der Waals surface area contributed by atoms with Crippen LogP contribution >= 0.6 is 12.2 Å². The van der Waals surface area contributed by atoms with E-state index in [1.165, 1.54) is 0 Å². The Morgan fingerprint density at radius 3 is 2.52 bits per heavy atom. The van der Waals surface area contributed by atoms with Gasteiger partial charge in [0.2, 0.25) is 5.91 Å². The van der Waals surface area contributed by atoms with Crippen molar-refractivity contribution in [3.63, 3.8) is 0 Å². The number of thiocarbonyl (C=S) groups is 1. The van der Waals surface area contributed by atoms with Crippen LogP contribution in [0.2, 0.25) is 0 Å². The second-order valence-electron chi connectivity index (χ2n) is 5.30. The van der Waals surface area contributed by atoms with Crippen molar-refractivity contribution >= 4 is 39.6 Å². The number of fused-ring (bicyclic) bond motifs is 1. The third-order valence-electron chi connectivity index (χ3n) is 4.06. The lowest BCUT2D eigenvalue weighted by Crippen LogP contribution is -2.40. The van der Waals surface area contributed by atoms with Crippen LogP contribution in [0.1, 0.15) is 18.4 Å². The molecule has 1 amide bonds. The first-order chi connectivity index (χ1) is 10.1. The maximum atomic E-state index is 11.6. The van der Waals surface area contributed by atoms with E-state index in [0.717, 1.165) is 41.4 Å². The van der Waals surface area contributed by atoms with E-state index in [-0.39, 0.29) is 11.9 Å². The number of hydrogen-bond donors (Lipinski definition) is 2. The summed E-state index contributed by atoms with van der Waals surface area (Å²) in [6.45, 7) is 0.837. The summed E-state index contributed by atoms with van der Waals surface area (Å²) in [4.78, 5) is 14.1. The Hall–Kier alpha value is -2.14. The first kappa shape index (κ1) is 13.8. The third-order valence-corrected chi connectivity index (χ3v) is 4.28. The monoisotopic (exact) mass is 299 g/mol. The molecule has 21 heavy (non-hydrogen) atoms. The quantitative estimate of drug-likeness (QED) is 0.849. The normalized spacial score (nSPS) is 18.1. The van der Waals surface area contributed by atoms with Crippen molar-refractivity contribution in [2.24, 2.45) is 11.5 Å². The fourth-order valence-electron chi connectivity index (χ4n) is 3.10. The smallest absolute Gasteiger partial charge is 0.240 e. The predicted octanol–water partition coefficient (Wildman–Crippen LogP) is 1.93. The van der Waals surface area contributed by atoms with Gasteiger partial charge in [0.15, 0.2) is 0 Å². The van der Waals surface area contributed by atoms with Crippen LogP contribution in [-0.2, 0) is 4.79 Å². The highest BCUT2D eigenvalue weighted by Gasteiger charge is 2.30. The van der Waals surface area contributed by atoms with Crippen molar-refractivity contribution in [2.45, 2.75) is 18.9 Å². The fourth-order valence-corrected chi connectivity index (χ4v) is 3.28. The summed E-state index contributed by atoms with van der Waals surface area (Å²) >= 11 is 5.12. The highest BCUT2D eigenvalue weighted by atomic mass is 32.1. The number of anilines is 1. The molecule has 3 rings (SSSR count). The first-order valence-corrected chi connectivity index (χ1v) is 7.38. The van der Waals surface area contributed by atoms with Crippen LogP contribution < -0.4 is 16.4 Å². The van der Waals surface area contributed by atoms with E-state index in [9.17, 15) is 4.79 Å². The van der Waals surface area contributed by atoms with Gasteiger partial charge in [-0.2, -0.15) is 0 Å². The first-order valence-electron chi connectivity index (χ1n) is 6.97. The minimum atomic E-state index is -0.269. The molecular weight excluding hydrogens is 282 g/mol. The predicted molar refractivity (Wildman–Crippen MR) is 89.4 cm³/mol. The lowest BCUT2D eigenvalue weighted by molar-refractivity contribution is -0.119. The van der Waals surface area contributed by atoms with Crippen molar-refractivity contribution < 1.29 is 4.79 Å². The molecular formula is C16H17N3OS. The van der Waals surface area contributed by atoms with Crippen LogP contribution in [0, 0.1) is 0 Å². The minimum absolute atomic E-state index is 0.232. The molecule has 0 saturated carbocycles. The molecule has 1 heterocycles. The van der Waals surface area contributed by atoms with E-state index < -0.39 is 0 Å². The van der Waals surface area contributed by atoms with Gasteiger partial charge in [-0.1, -0.05) is 36.5 Å². The zero-order chi connectivity index (χ0) is 15.0. The standard InChI is InChI=1S/C16H17N3OS/c17-15(20)14-6-3-9-19(14)13-8-7-12(16(18)21)10-4-1-2-5-11(10)13/h1-2,4-5,7-8,14H,3,6,9H2,(H2,17,20)(H2,18,21). The Morgan fingerprint density at radius 1 is 1.14 bits per heavy atom. The van der Waals surface area contributed by atoms with Gasteiger partial charge in [-0.05, 0) is 30.4 Å². The molecule has 4 N–H and O–H groups in total. The highest BCUT2D eigenvalue weighted by molar-refractivity contribution is 7.80. The molecule has 108 valence electrons. The molecule has 1 aliphatic rings. The van der Waals surface area contributed by atoms with Gasteiger partial charge in [-0.25, -0.2) is 0 Å². The molecule has 5 heteroatoms. The summed E-state index contributed by atoms with van der Waals surface area (Å²) in [5.74, 6) is -0.269. The van der Waals surface area contributed by atoms with E-state index in [2.05, 4.69) is 4.90 Å². The number of primary amides is 1. The highest BCUT2D eigenvalue weighted by Crippen LogP contribution is 2.33. The number of nitrogens with zero attached hydrogens (tertiary/aromatic N) is 1. The number of rotatable bonds is 3. The number of carbonyl (C=O) groups is 1. The van der Waals surface area contributed by atoms with Gasteiger partial charge in [-0.3, -0.25) is 4.79 Å². The molecule has 0 radical (unpaired) electrons. The topological polar surface area (TPSA) is 72.4 Å². The van der Waals surface area contributed by atoms with Gasteiger partial charge in [-0.15, -0.1) is 0 Å². The van der Waals surface area contributed by atoms with Crippen LogP contribution in [0.25, 0.3) is 10.8 Å². The van der Waals surface area contributed by atoms with E-state index >= 15 is 0 Å². The Labute approximate surface area is 128 Å². The van der Waals surface area contributed by atoms with Gasteiger partial charge in [0.25, 0.3) is 0 Å². The molecule has 0 aromatic heterocycles. The number of hydrogen-bond acceptors (Lipinski definition) is 3. The van der Waals surface area contributed by atoms with E-state index in [4.69, 9.17) is 23.7 Å². The summed E-state index contributed by atoms with van der Waals surface area (Å²) in [5.41, 5.74) is 13.2. The van der Waals surface area contributed by atoms with Crippen molar-refractivity contribution in [2.75, 3.05) is 11.4 Å². The molecule has 1 fully saturated rings. The second-order valence-corrected chi connectivity index (χ2v) is 5.74. The lowest BCUT2D eigenvalue weighted by atomic mass is 10.0. The zero-order valence-corrected chi connectivity index (χ0v) is 12.4. The summed E-state index contributed by atoms with van der Waals surface area (Å²) < 4.78 is 0. The maximum Gasteiger partial charge on any atom is 0.240 e. The van der Waals surface area contributed by atoms with Crippen LogP contribution in [0.3, 0.4) is 0 Å². The molecule has 0 aliphatic carbocycles. The van der Waals surface area contributed by atoms with Gasteiger partial charge in [0.05, 0.1) is 0 Å². The third kappa shape index (κ3) is 2.34. The number of amides is 1. The average Bonchev–Trinajstić information content (AvgIpc) is 2.95. The number of nitrogens with two attached hydrogens (primary N) is 2. The largest absolute Gasteiger partial charge is 0.389 e. The molecule has 1 unspecified atom stereocenters. The maximum absolute atomic E-state index is 11.6. The summed E-state index contributed by atoms with van der Waals surface area (Å²) in [5, 5.41) is 2.06. The zero-order valence-electron chi connectivity index (χ0n) is 11.6. The minimum Gasteiger partial charge on any atom is -0.389 e. The number of carbonyl (C=O) groups excluding carboxylic acids is 1. The van der Waals surface area contributed by atoms with Crippen molar-refractivity contribution in [1.29, 1.82) is 0 Å². The number of benzene rings is 2. The molecule has 2 aromatic carbocycles. The van der Waals surface area contributed by atoms with Crippen molar-refractivity contribution in [1.82, 2.24) is 0 Å². The van der Waals surface area contributed by atoms with Crippen LogP contribution in [-0.4, -0.2) is 23.5 Å². The second kappa shape index (κ2) is 5.33. The average molecular weight is 299 g/mol. The molecule has 2 aromatic rings. The Bertz CT molecular complexity index is 729. The van der Waals surface area contributed by atoms with Gasteiger partial charge in [0, 0.05) is 23.2 Å². The Kier molecular flexibility index (Phi) is 3.51. The molecule has 0 bridgehead atoms. The Morgan fingerprint density at radius 2 is 1.86 bits per heavy atom. The summed E-state index contributed by atoms with van der Waals surface area (Å²) in [7, 11) is 0. The molecule has 1 atom stereocenters. The summed E-state index contributed by atoms with van der Waals surface area (Å²) in [6, 6.07) is 11.7. The van der Waals surface area contributed by atoms with Crippen LogP contribution in [0.15, 0.2) is 36.4 Å². The SMILES string of the molecule is NC(=O)C1CCCN1c1ccc(C(N)=S)c2ccccc12. The van der Waals surface area contributed by atoms with Gasteiger partial charge in [0.1, 0.15) is 11.0 Å². The van der Waals surface area contributed by atoms with Crippen LogP contribution in [0.5, 0.6) is 0 Å². The molecule has 4 nitrogen and oxygen atoms in total. The van der Waals surface area contributed by atoms with E-state index in [1.54, 1.807) is 0 Å². The van der Waals surface area contributed by atoms with Crippen molar-refractivity contribution in [3.8, 4) is 0 Å².